The summed E-state index contributed by atoms with van der Waals surface area (Å²) in [5.41, 5.74) is 9.95. The fraction of sp³-hybridized carbons (Fsp3) is 0.429. The Hall–Kier alpha value is -2.88. The second kappa shape index (κ2) is 10.2. The van der Waals surface area contributed by atoms with Crippen molar-refractivity contribution in [1.29, 1.82) is 0 Å². The number of para-hydroxylation sites is 1. The van der Waals surface area contributed by atoms with Crippen LogP contribution >= 0.6 is 0 Å². The number of carbonyl (C=O) groups is 1. The third kappa shape index (κ3) is 5.29. The molecular formula is C28H34N2O2. The first-order chi connectivity index (χ1) is 15.5. The van der Waals surface area contributed by atoms with Gasteiger partial charge in [0.1, 0.15) is 12.4 Å². The zero-order chi connectivity index (χ0) is 22.5. The van der Waals surface area contributed by atoms with Crippen LogP contribution in [0.2, 0.25) is 0 Å². The normalized spacial score (nSPS) is 15.7. The molecule has 1 amide bonds. The van der Waals surface area contributed by atoms with Gasteiger partial charge in [-0.05, 0) is 60.4 Å². The van der Waals surface area contributed by atoms with Gasteiger partial charge in [0.25, 0.3) is 0 Å². The Kier molecular flexibility index (Phi) is 7.09. The number of ether oxygens (including phenoxy) is 1. The van der Waals surface area contributed by atoms with E-state index in [4.69, 9.17) is 15.5 Å². The van der Waals surface area contributed by atoms with E-state index in [1.54, 1.807) is 0 Å². The average Bonchev–Trinajstić information content (AvgIpc) is 2.78. The van der Waals surface area contributed by atoms with Crippen LogP contribution in [-0.4, -0.2) is 10.9 Å². The van der Waals surface area contributed by atoms with Gasteiger partial charge in [-0.2, -0.15) is 0 Å². The first-order valence-corrected chi connectivity index (χ1v) is 11.9. The van der Waals surface area contributed by atoms with E-state index in [2.05, 4.69) is 32.0 Å². The molecule has 0 aliphatic heterocycles. The van der Waals surface area contributed by atoms with E-state index < -0.39 is 0 Å². The van der Waals surface area contributed by atoms with Crippen LogP contribution in [0.15, 0.2) is 54.6 Å². The van der Waals surface area contributed by atoms with Crippen LogP contribution in [0.1, 0.15) is 68.7 Å². The molecule has 1 saturated carbocycles. The van der Waals surface area contributed by atoms with Gasteiger partial charge in [-0.25, -0.2) is 4.98 Å². The number of hydrogen-bond donors (Lipinski definition) is 1. The summed E-state index contributed by atoms with van der Waals surface area (Å²) in [6, 6.07) is 18.4. The molecule has 0 spiro atoms. The Labute approximate surface area is 191 Å². The number of aromatic nitrogens is 1. The van der Waals surface area contributed by atoms with Crippen molar-refractivity contribution in [3.63, 3.8) is 0 Å². The summed E-state index contributed by atoms with van der Waals surface area (Å²) < 4.78 is 6.24. The summed E-state index contributed by atoms with van der Waals surface area (Å²) in [6.45, 7) is 4.82. The number of nitrogens with two attached hydrogens (primary N) is 1. The minimum absolute atomic E-state index is 0.207. The zero-order valence-corrected chi connectivity index (χ0v) is 19.2. The molecule has 4 heteroatoms. The van der Waals surface area contributed by atoms with Crippen molar-refractivity contribution in [2.24, 2.45) is 17.6 Å². The molecule has 4 rings (SSSR count). The van der Waals surface area contributed by atoms with Gasteiger partial charge in [0.05, 0.1) is 17.1 Å². The summed E-state index contributed by atoms with van der Waals surface area (Å²) in [5, 5.41) is 1.13. The molecule has 0 bridgehead atoms. The first kappa shape index (κ1) is 22.3. The molecule has 1 aliphatic carbocycles. The average molecular weight is 431 g/mol. The highest BCUT2D eigenvalue weighted by molar-refractivity contribution is 5.82. The smallest absolute Gasteiger partial charge is 0.225 e. The fourth-order valence-corrected chi connectivity index (χ4v) is 5.01. The molecule has 1 unspecified atom stereocenters. The van der Waals surface area contributed by atoms with Gasteiger partial charge < -0.3 is 10.5 Å². The minimum Gasteiger partial charge on any atom is -0.487 e. The molecule has 1 aromatic heterocycles. The van der Waals surface area contributed by atoms with Gasteiger partial charge in [-0.15, -0.1) is 0 Å². The molecule has 1 aliphatic rings. The Morgan fingerprint density at radius 3 is 2.59 bits per heavy atom. The lowest BCUT2D eigenvalue weighted by Gasteiger charge is -2.29. The molecule has 3 aromatic rings. The summed E-state index contributed by atoms with van der Waals surface area (Å²) in [7, 11) is 0. The lowest BCUT2D eigenvalue weighted by atomic mass is 9.76. The van der Waals surface area contributed by atoms with Gasteiger partial charge in [0.15, 0.2) is 0 Å². The molecule has 2 aromatic carbocycles. The molecule has 2 N–H and O–H groups in total. The Bertz CT molecular complexity index is 1070. The highest BCUT2D eigenvalue weighted by Crippen LogP contribution is 2.37. The van der Waals surface area contributed by atoms with Crippen molar-refractivity contribution in [2.45, 2.75) is 64.9 Å². The monoisotopic (exact) mass is 430 g/mol. The maximum absolute atomic E-state index is 12.4. The number of nitrogens with zero attached hydrogens (tertiary/aromatic N) is 1. The number of primary amides is 1. The maximum atomic E-state index is 12.4. The lowest BCUT2D eigenvalue weighted by molar-refractivity contribution is -0.120. The number of hydrogen-bond acceptors (Lipinski definition) is 3. The molecule has 0 radical (unpaired) electrons. The third-order valence-corrected chi connectivity index (χ3v) is 6.53. The molecule has 1 heterocycles. The predicted octanol–water partition coefficient (Wildman–Crippen LogP) is 6.16. The summed E-state index contributed by atoms with van der Waals surface area (Å²) in [4.78, 5) is 17.1. The fourth-order valence-electron chi connectivity index (χ4n) is 5.01. The van der Waals surface area contributed by atoms with E-state index >= 15 is 0 Å². The van der Waals surface area contributed by atoms with Gasteiger partial charge in [-0.1, -0.05) is 69.5 Å². The largest absolute Gasteiger partial charge is 0.487 e. The summed E-state index contributed by atoms with van der Waals surface area (Å²) >= 11 is 0. The standard InChI is InChI=1S/C28H34N2O2/c1-19(2)16-23-17-22(27(28(29)31)21-9-4-3-5-10-21)13-15-26(23)32-18-24-14-12-20-8-6-7-11-25(20)30-24/h6-8,11-15,17,19,21,27H,3-5,9-10,16,18H2,1-2H3,(H2,29,31). The number of pyridine rings is 1. The van der Waals surface area contributed by atoms with E-state index in [0.29, 0.717) is 18.4 Å². The Balaban J connectivity index is 1.57. The molecule has 1 atom stereocenters. The summed E-state index contributed by atoms with van der Waals surface area (Å²) in [6.07, 6.45) is 6.69. The second-order valence-electron chi connectivity index (χ2n) is 9.53. The zero-order valence-electron chi connectivity index (χ0n) is 19.2. The van der Waals surface area contributed by atoms with E-state index in [0.717, 1.165) is 52.7 Å². The molecular weight excluding hydrogens is 396 g/mol. The van der Waals surface area contributed by atoms with Crippen molar-refractivity contribution in [3.05, 3.63) is 71.4 Å². The van der Waals surface area contributed by atoms with E-state index in [9.17, 15) is 4.79 Å². The van der Waals surface area contributed by atoms with Gasteiger partial charge >= 0.3 is 0 Å². The lowest BCUT2D eigenvalue weighted by Crippen LogP contribution is -2.29. The van der Waals surface area contributed by atoms with Crippen LogP contribution in [0, 0.1) is 11.8 Å². The van der Waals surface area contributed by atoms with Crippen LogP contribution in [0.4, 0.5) is 0 Å². The number of amides is 1. The van der Waals surface area contributed by atoms with Crippen LogP contribution in [-0.2, 0) is 17.8 Å². The number of benzene rings is 2. The highest BCUT2D eigenvalue weighted by Gasteiger charge is 2.30. The second-order valence-corrected chi connectivity index (χ2v) is 9.53. The number of carbonyl (C=O) groups excluding carboxylic acids is 1. The summed E-state index contributed by atoms with van der Waals surface area (Å²) in [5.74, 6) is 1.28. The Morgan fingerprint density at radius 2 is 1.84 bits per heavy atom. The molecule has 0 saturated heterocycles. The van der Waals surface area contributed by atoms with Crippen LogP contribution < -0.4 is 10.5 Å². The highest BCUT2D eigenvalue weighted by atomic mass is 16.5. The molecule has 1 fully saturated rings. The predicted molar refractivity (Wildman–Crippen MR) is 130 cm³/mol. The van der Waals surface area contributed by atoms with Crippen LogP contribution in [0.3, 0.4) is 0 Å². The maximum Gasteiger partial charge on any atom is 0.225 e. The van der Waals surface area contributed by atoms with E-state index in [1.807, 2.05) is 36.4 Å². The van der Waals surface area contributed by atoms with Crippen LogP contribution in [0.25, 0.3) is 10.9 Å². The van der Waals surface area contributed by atoms with Crippen LogP contribution in [0.5, 0.6) is 5.75 Å². The number of fused-ring (bicyclic) bond motifs is 1. The van der Waals surface area contributed by atoms with Crippen molar-refractivity contribution >= 4 is 16.8 Å². The van der Waals surface area contributed by atoms with Crippen molar-refractivity contribution in [2.75, 3.05) is 0 Å². The molecule has 168 valence electrons. The first-order valence-electron chi connectivity index (χ1n) is 11.9. The quantitative estimate of drug-likeness (QED) is 0.465. The molecule has 32 heavy (non-hydrogen) atoms. The SMILES string of the molecule is CC(C)Cc1cc(C(C(N)=O)C2CCCCC2)ccc1OCc1ccc2ccccc2n1. The van der Waals surface area contributed by atoms with Gasteiger partial charge in [0.2, 0.25) is 5.91 Å². The topological polar surface area (TPSA) is 65.2 Å². The van der Waals surface area contributed by atoms with Crippen molar-refractivity contribution in [1.82, 2.24) is 4.98 Å². The third-order valence-electron chi connectivity index (χ3n) is 6.53. The van der Waals surface area contributed by atoms with E-state index in [-0.39, 0.29) is 11.8 Å². The van der Waals surface area contributed by atoms with Crippen molar-refractivity contribution < 1.29 is 9.53 Å². The van der Waals surface area contributed by atoms with Gasteiger partial charge in [-0.3, -0.25) is 4.79 Å². The molecule has 4 nitrogen and oxygen atoms in total. The minimum atomic E-state index is -0.211. The van der Waals surface area contributed by atoms with Crippen molar-refractivity contribution in [3.8, 4) is 5.75 Å². The Morgan fingerprint density at radius 1 is 1.06 bits per heavy atom. The van der Waals surface area contributed by atoms with E-state index in [1.165, 1.54) is 19.3 Å². The van der Waals surface area contributed by atoms with Gasteiger partial charge in [0, 0.05) is 5.39 Å². The number of rotatable bonds is 8.